The number of benzene rings is 3. The fourth-order valence-electron chi connectivity index (χ4n) is 2.53. The molecule has 0 bridgehead atoms. The third-order valence-corrected chi connectivity index (χ3v) is 4.05. The van der Waals surface area contributed by atoms with Gasteiger partial charge >= 0.3 is 0 Å². The molecule has 2 amide bonds. The van der Waals surface area contributed by atoms with Gasteiger partial charge in [-0.25, -0.2) is 0 Å². The van der Waals surface area contributed by atoms with E-state index in [-0.39, 0.29) is 5.91 Å². The summed E-state index contributed by atoms with van der Waals surface area (Å²) in [6.45, 7) is 1.77. The van der Waals surface area contributed by atoms with Crippen molar-refractivity contribution in [1.82, 2.24) is 0 Å². The molecule has 0 saturated carbocycles. The first-order chi connectivity index (χ1) is 13.5. The Morgan fingerprint density at radius 1 is 0.821 bits per heavy atom. The van der Waals surface area contributed by atoms with E-state index in [0.29, 0.717) is 17.0 Å². The Bertz CT molecular complexity index is 939. The van der Waals surface area contributed by atoms with E-state index in [0.717, 1.165) is 11.4 Å². The van der Waals surface area contributed by atoms with Crippen molar-refractivity contribution in [3.05, 3.63) is 84.4 Å². The van der Waals surface area contributed by atoms with Crippen molar-refractivity contribution in [2.45, 2.75) is 13.0 Å². The second-order valence-electron chi connectivity index (χ2n) is 6.24. The van der Waals surface area contributed by atoms with Crippen LogP contribution < -0.4 is 21.1 Å². The highest BCUT2D eigenvalue weighted by atomic mass is 16.5. The lowest BCUT2D eigenvalue weighted by molar-refractivity contribution is -0.116. The zero-order valence-corrected chi connectivity index (χ0v) is 15.4. The highest BCUT2D eigenvalue weighted by molar-refractivity contribution is 5.97. The standard InChI is InChI=1S/C22H21N3O3/c1-15(22(27)25-18-9-7-16(8-10-18)21(23)26)24-17-11-13-20(14-12-17)28-19-5-3-2-4-6-19/h2-15,24H,1H3,(H2,23,26)(H,25,27)/t15-/m0/s1. The molecule has 0 heterocycles. The summed E-state index contributed by atoms with van der Waals surface area (Å²) in [4.78, 5) is 23.4. The number of para-hydroxylation sites is 1. The lowest BCUT2D eigenvalue weighted by atomic mass is 10.2. The van der Waals surface area contributed by atoms with Crippen LogP contribution in [0.3, 0.4) is 0 Å². The zero-order chi connectivity index (χ0) is 19.9. The summed E-state index contributed by atoms with van der Waals surface area (Å²) in [6.07, 6.45) is 0. The van der Waals surface area contributed by atoms with Crippen LogP contribution in [0, 0.1) is 0 Å². The summed E-state index contributed by atoms with van der Waals surface area (Å²) >= 11 is 0. The molecule has 0 radical (unpaired) electrons. The van der Waals surface area contributed by atoms with E-state index < -0.39 is 11.9 Å². The average molecular weight is 375 g/mol. The molecule has 3 aromatic carbocycles. The van der Waals surface area contributed by atoms with Gasteiger partial charge in [-0.15, -0.1) is 0 Å². The number of hydrogen-bond acceptors (Lipinski definition) is 4. The predicted octanol–water partition coefficient (Wildman–Crippen LogP) is 4.02. The van der Waals surface area contributed by atoms with Crippen LogP contribution in [0.5, 0.6) is 11.5 Å². The minimum absolute atomic E-state index is 0.198. The summed E-state index contributed by atoms with van der Waals surface area (Å²) < 4.78 is 5.75. The summed E-state index contributed by atoms with van der Waals surface area (Å²) in [5.74, 6) is 0.769. The Kier molecular flexibility index (Phi) is 5.91. The van der Waals surface area contributed by atoms with Gasteiger partial charge in [-0.3, -0.25) is 9.59 Å². The molecule has 3 rings (SSSR count). The summed E-state index contributed by atoms with van der Waals surface area (Å²) in [5, 5.41) is 5.93. The highest BCUT2D eigenvalue weighted by Gasteiger charge is 2.13. The predicted molar refractivity (Wildman–Crippen MR) is 110 cm³/mol. The SMILES string of the molecule is C[C@H](Nc1ccc(Oc2ccccc2)cc1)C(=O)Nc1ccc(C(N)=O)cc1. The first-order valence-corrected chi connectivity index (χ1v) is 8.81. The van der Waals surface area contributed by atoms with Crippen LogP contribution in [0.15, 0.2) is 78.9 Å². The smallest absolute Gasteiger partial charge is 0.248 e. The van der Waals surface area contributed by atoms with Gasteiger partial charge in [0.25, 0.3) is 0 Å². The van der Waals surface area contributed by atoms with Crippen molar-refractivity contribution in [1.29, 1.82) is 0 Å². The van der Waals surface area contributed by atoms with Gasteiger partial charge < -0.3 is 21.1 Å². The van der Waals surface area contributed by atoms with Gasteiger partial charge in [0, 0.05) is 16.9 Å². The number of amides is 2. The third kappa shape index (κ3) is 5.11. The molecule has 1 atom stereocenters. The van der Waals surface area contributed by atoms with Gasteiger partial charge in [0.2, 0.25) is 11.8 Å². The largest absolute Gasteiger partial charge is 0.457 e. The molecule has 28 heavy (non-hydrogen) atoms. The molecule has 3 aromatic rings. The molecule has 0 saturated heterocycles. The van der Waals surface area contributed by atoms with Gasteiger partial charge in [-0.2, -0.15) is 0 Å². The number of carbonyl (C=O) groups excluding carboxylic acids is 2. The first kappa shape index (κ1) is 19.0. The Labute approximate surface area is 163 Å². The molecule has 0 fully saturated rings. The fraction of sp³-hybridized carbons (Fsp3) is 0.0909. The Morgan fingerprint density at radius 2 is 1.39 bits per heavy atom. The topological polar surface area (TPSA) is 93.4 Å². The number of hydrogen-bond donors (Lipinski definition) is 3. The minimum Gasteiger partial charge on any atom is -0.457 e. The number of primary amides is 1. The van der Waals surface area contributed by atoms with Crippen LogP contribution in [0.25, 0.3) is 0 Å². The van der Waals surface area contributed by atoms with Crippen molar-refractivity contribution < 1.29 is 14.3 Å². The van der Waals surface area contributed by atoms with Crippen LogP contribution in [-0.4, -0.2) is 17.9 Å². The average Bonchev–Trinajstić information content (AvgIpc) is 2.70. The molecule has 0 aliphatic heterocycles. The number of nitrogens with two attached hydrogens (primary N) is 1. The summed E-state index contributed by atoms with van der Waals surface area (Å²) in [7, 11) is 0. The van der Waals surface area contributed by atoms with E-state index in [1.165, 1.54) is 0 Å². The molecule has 0 spiro atoms. The summed E-state index contributed by atoms with van der Waals surface area (Å²) in [6, 6.07) is 22.8. The van der Waals surface area contributed by atoms with E-state index in [2.05, 4.69) is 10.6 Å². The lowest BCUT2D eigenvalue weighted by Gasteiger charge is -2.16. The Hall–Kier alpha value is -3.80. The molecule has 0 aliphatic rings. The van der Waals surface area contributed by atoms with Crippen LogP contribution in [0.4, 0.5) is 11.4 Å². The monoisotopic (exact) mass is 375 g/mol. The van der Waals surface area contributed by atoms with Gasteiger partial charge in [-0.05, 0) is 67.6 Å². The van der Waals surface area contributed by atoms with Crippen molar-refractivity contribution in [3.63, 3.8) is 0 Å². The molecule has 142 valence electrons. The minimum atomic E-state index is -0.507. The van der Waals surface area contributed by atoms with Crippen LogP contribution in [-0.2, 0) is 4.79 Å². The van der Waals surface area contributed by atoms with Crippen molar-refractivity contribution in [2.24, 2.45) is 5.73 Å². The quantitative estimate of drug-likeness (QED) is 0.581. The number of carbonyl (C=O) groups is 2. The number of nitrogens with one attached hydrogen (secondary N) is 2. The second kappa shape index (κ2) is 8.73. The molecule has 4 N–H and O–H groups in total. The van der Waals surface area contributed by atoms with Gasteiger partial charge in [0.05, 0.1) is 0 Å². The van der Waals surface area contributed by atoms with E-state index in [1.54, 1.807) is 31.2 Å². The number of ether oxygens (including phenoxy) is 1. The van der Waals surface area contributed by atoms with Gasteiger partial charge in [0.15, 0.2) is 0 Å². The van der Waals surface area contributed by atoms with E-state index in [1.807, 2.05) is 54.6 Å². The molecule has 6 heteroatoms. The molecule has 0 aromatic heterocycles. The van der Waals surface area contributed by atoms with Gasteiger partial charge in [0.1, 0.15) is 17.5 Å². The van der Waals surface area contributed by atoms with Crippen molar-refractivity contribution in [3.8, 4) is 11.5 Å². The van der Waals surface area contributed by atoms with E-state index >= 15 is 0 Å². The summed E-state index contributed by atoms with van der Waals surface area (Å²) in [5.41, 5.74) is 6.99. The number of rotatable bonds is 7. The van der Waals surface area contributed by atoms with E-state index in [9.17, 15) is 9.59 Å². The van der Waals surface area contributed by atoms with E-state index in [4.69, 9.17) is 10.5 Å². The Morgan fingerprint density at radius 3 is 2.00 bits per heavy atom. The van der Waals surface area contributed by atoms with Gasteiger partial charge in [-0.1, -0.05) is 18.2 Å². The number of anilines is 2. The molecule has 6 nitrogen and oxygen atoms in total. The van der Waals surface area contributed by atoms with Crippen molar-refractivity contribution >= 4 is 23.2 Å². The Balaban J connectivity index is 1.55. The third-order valence-electron chi connectivity index (χ3n) is 4.05. The van der Waals surface area contributed by atoms with Crippen molar-refractivity contribution in [2.75, 3.05) is 10.6 Å². The highest BCUT2D eigenvalue weighted by Crippen LogP contribution is 2.23. The van der Waals surface area contributed by atoms with Crippen LogP contribution in [0.2, 0.25) is 0 Å². The van der Waals surface area contributed by atoms with Crippen LogP contribution in [0.1, 0.15) is 17.3 Å². The maximum absolute atomic E-state index is 12.4. The molecule has 0 aliphatic carbocycles. The maximum Gasteiger partial charge on any atom is 0.248 e. The molecule has 0 unspecified atom stereocenters. The zero-order valence-electron chi connectivity index (χ0n) is 15.4. The fourth-order valence-corrected chi connectivity index (χ4v) is 2.53. The van der Waals surface area contributed by atoms with Crippen LogP contribution >= 0.6 is 0 Å². The molecular formula is C22H21N3O3. The second-order valence-corrected chi connectivity index (χ2v) is 6.24. The molecular weight excluding hydrogens is 354 g/mol. The first-order valence-electron chi connectivity index (χ1n) is 8.81. The maximum atomic E-state index is 12.4. The lowest BCUT2D eigenvalue weighted by Crippen LogP contribution is -2.31. The normalized spacial score (nSPS) is 11.3.